The highest BCUT2D eigenvalue weighted by Gasteiger charge is 2.15. The fraction of sp³-hybridized carbons (Fsp3) is 0.692. The Morgan fingerprint density at radius 2 is 2.12 bits per heavy atom. The van der Waals surface area contributed by atoms with E-state index in [2.05, 4.69) is 38.4 Å². The second-order valence-corrected chi connectivity index (χ2v) is 5.26. The molecule has 1 aromatic heterocycles. The summed E-state index contributed by atoms with van der Waals surface area (Å²) in [6.07, 6.45) is 1.74. The van der Waals surface area contributed by atoms with Gasteiger partial charge in [-0.1, -0.05) is 13.8 Å². The molecule has 0 spiro atoms. The normalized spacial score (nSPS) is 15.1. The fourth-order valence-corrected chi connectivity index (χ4v) is 2.91. The van der Waals surface area contributed by atoms with Gasteiger partial charge >= 0.3 is 0 Å². The summed E-state index contributed by atoms with van der Waals surface area (Å²) in [5, 5.41) is 15.6. The van der Waals surface area contributed by atoms with Gasteiger partial charge in [0.2, 0.25) is 0 Å². The van der Waals surface area contributed by atoms with E-state index in [0.29, 0.717) is 12.6 Å². The van der Waals surface area contributed by atoms with Crippen molar-refractivity contribution in [3.05, 3.63) is 21.4 Å². The van der Waals surface area contributed by atoms with Crippen molar-refractivity contribution >= 4 is 11.3 Å². The van der Waals surface area contributed by atoms with Crippen LogP contribution in [0.25, 0.3) is 0 Å². The van der Waals surface area contributed by atoms with Crippen LogP contribution in [0.3, 0.4) is 0 Å². The third-order valence-corrected chi connectivity index (χ3v) is 4.31. The number of thiophene rings is 1. The molecular weight excluding hydrogens is 218 g/mol. The van der Waals surface area contributed by atoms with Crippen LogP contribution in [0.2, 0.25) is 0 Å². The number of rotatable bonds is 6. The quantitative estimate of drug-likeness (QED) is 0.802. The minimum atomic E-state index is -0.359. The summed E-state index contributed by atoms with van der Waals surface area (Å²) < 4.78 is 0. The van der Waals surface area contributed by atoms with Gasteiger partial charge < -0.3 is 10.4 Å². The Morgan fingerprint density at radius 3 is 2.69 bits per heavy atom. The summed E-state index contributed by atoms with van der Waals surface area (Å²) in [5.74, 6) is 0. The lowest BCUT2D eigenvalue weighted by Crippen LogP contribution is -2.29. The van der Waals surface area contributed by atoms with E-state index in [4.69, 9.17) is 0 Å². The summed E-state index contributed by atoms with van der Waals surface area (Å²) in [6, 6.07) is 0.473. The van der Waals surface area contributed by atoms with E-state index >= 15 is 0 Å². The van der Waals surface area contributed by atoms with Crippen molar-refractivity contribution in [2.75, 3.05) is 6.54 Å². The van der Waals surface area contributed by atoms with Crippen molar-refractivity contribution in [3.63, 3.8) is 0 Å². The van der Waals surface area contributed by atoms with Gasteiger partial charge in [-0.05, 0) is 43.2 Å². The lowest BCUT2D eigenvalue weighted by molar-refractivity contribution is 0.173. The molecule has 2 N–H and O–H groups in total. The predicted molar refractivity (Wildman–Crippen MR) is 71.1 cm³/mol. The van der Waals surface area contributed by atoms with E-state index in [1.807, 2.05) is 0 Å². The monoisotopic (exact) mass is 241 g/mol. The Bertz CT molecular complexity index is 322. The Morgan fingerprint density at radius 1 is 1.44 bits per heavy atom. The second-order valence-electron chi connectivity index (χ2n) is 4.35. The van der Waals surface area contributed by atoms with Crippen molar-refractivity contribution < 1.29 is 5.11 Å². The Balaban J connectivity index is 2.62. The highest BCUT2D eigenvalue weighted by molar-refractivity contribution is 7.10. The van der Waals surface area contributed by atoms with Crippen LogP contribution in [0.4, 0.5) is 0 Å². The lowest BCUT2D eigenvalue weighted by atomic mass is 10.1. The number of nitrogens with one attached hydrogen (secondary N) is 1. The molecule has 1 heterocycles. The van der Waals surface area contributed by atoms with Gasteiger partial charge in [0.15, 0.2) is 0 Å². The third-order valence-electron chi connectivity index (χ3n) is 3.06. The Hall–Kier alpha value is -0.380. The van der Waals surface area contributed by atoms with Gasteiger partial charge in [0.25, 0.3) is 0 Å². The van der Waals surface area contributed by atoms with Crippen molar-refractivity contribution in [2.45, 2.75) is 52.7 Å². The van der Waals surface area contributed by atoms with E-state index in [-0.39, 0.29) is 6.10 Å². The molecule has 1 aromatic rings. The topological polar surface area (TPSA) is 32.3 Å². The molecule has 16 heavy (non-hydrogen) atoms. The molecule has 2 unspecified atom stereocenters. The third kappa shape index (κ3) is 3.30. The molecular formula is C13H23NOS. The first-order valence-electron chi connectivity index (χ1n) is 6.08. The SMILES string of the molecule is CCc1c(C)csc1C(O)CNC(C)CC. The zero-order valence-electron chi connectivity index (χ0n) is 10.7. The molecule has 2 atom stereocenters. The van der Waals surface area contributed by atoms with Crippen LogP contribution in [0, 0.1) is 6.92 Å². The number of aryl methyl sites for hydroxylation is 1. The molecule has 0 aliphatic rings. The Labute approximate surface area is 103 Å². The first kappa shape index (κ1) is 13.7. The van der Waals surface area contributed by atoms with Gasteiger partial charge in [-0.15, -0.1) is 11.3 Å². The van der Waals surface area contributed by atoms with Crippen LogP contribution in [0.5, 0.6) is 0 Å². The molecule has 0 amide bonds. The molecule has 0 fully saturated rings. The van der Waals surface area contributed by atoms with Crippen LogP contribution in [0.1, 0.15) is 49.3 Å². The van der Waals surface area contributed by atoms with E-state index in [1.54, 1.807) is 11.3 Å². The molecule has 0 saturated carbocycles. The predicted octanol–water partition coefficient (Wildman–Crippen LogP) is 3.04. The van der Waals surface area contributed by atoms with Gasteiger partial charge in [-0.3, -0.25) is 0 Å². The van der Waals surface area contributed by atoms with Gasteiger partial charge in [0.1, 0.15) is 6.10 Å². The molecule has 0 aromatic carbocycles. The van der Waals surface area contributed by atoms with Gasteiger partial charge in [0, 0.05) is 17.5 Å². The highest BCUT2D eigenvalue weighted by Crippen LogP contribution is 2.28. The van der Waals surface area contributed by atoms with E-state index in [1.165, 1.54) is 11.1 Å². The second kappa shape index (κ2) is 6.38. The maximum absolute atomic E-state index is 10.1. The molecule has 0 saturated heterocycles. The smallest absolute Gasteiger partial charge is 0.101 e. The number of aliphatic hydroxyl groups is 1. The number of hydrogen-bond donors (Lipinski definition) is 2. The zero-order chi connectivity index (χ0) is 12.1. The molecule has 2 nitrogen and oxygen atoms in total. The molecule has 3 heteroatoms. The first-order valence-corrected chi connectivity index (χ1v) is 6.96. The van der Waals surface area contributed by atoms with Crippen LogP contribution >= 0.6 is 11.3 Å². The van der Waals surface area contributed by atoms with Crippen molar-refractivity contribution in [3.8, 4) is 0 Å². The van der Waals surface area contributed by atoms with Crippen LogP contribution in [-0.4, -0.2) is 17.7 Å². The maximum Gasteiger partial charge on any atom is 0.101 e. The molecule has 92 valence electrons. The first-order chi connectivity index (χ1) is 7.60. The van der Waals surface area contributed by atoms with Crippen molar-refractivity contribution in [1.82, 2.24) is 5.32 Å². The summed E-state index contributed by atoms with van der Waals surface area (Å²) >= 11 is 1.68. The molecule has 0 aliphatic heterocycles. The summed E-state index contributed by atoms with van der Waals surface area (Å²) in [5.41, 5.74) is 2.63. The summed E-state index contributed by atoms with van der Waals surface area (Å²) in [6.45, 7) is 9.22. The maximum atomic E-state index is 10.1. The minimum absolute atomic E-state index is 0.359. The van der Waals surface area contributed by atoms with Crippen LogP contribution in [0.15, 0.2) is 5.38 Å². The lowest BCUT2D eigenvalue weighted by Gasteiger charge is -2.16. The van der Waals surface area contributed by atoms with Crippen molar-refractivity contribution in [2.24, 2.45) is 0 Å². The van der Waals surface area contributed by atoms with Gasteiger partial charge in [0.05, 0.1) is 0 Å². The van der Waals surface area contributed by atoms with Gasteiger partial charge in [-0.2, -0.15) is 0 Å². The summed E-state index contributed by atoms with van der Waals surface area (Å²) in [7, 11) is 0. The number of hydrogen-bond acceptors (Lipinski definition) is 3. The highest BCUT2D eigenvalue weighted by atomic mass is 32.1. The Kier molecular flexibility index (Phi) is 5.46. The number of aliphatic hydroxyl groups excluding tert-OH is 1. The average molecular weight is 241 g/mol. The van der Waals surface area contributed by atoms with E-state index in [0.717, 1.165) is 17.7 Å². The largest absolute Gasteiger partial charge is 0.386 e. The standard InChI is InChI=1S/C13H23NOS/c1-5-10(4)14-7-12(15)13-11(6-2)9(3)8-16-13/h8,10,12,14-15H,5-7H2,1-4H3. The summed E-state index contributed by atoms with van der Waals surface area (Å²) in [4.78, 5) is 1.14. The van der Waals surface area contributed by atoms with Gasteiger partial charge in [-0.25, -0.2) is 0 Å². The zero-order valence-corrected chi connectivity index (χ0v) is 11.5. The molecule has 0 bridgehead atoms. The average Bonchev–Trinajstić information content (AvgIpc) is 2.66. The fourth-order valence-electron chi connectivity index (χ4n) is 1.77. The molecule has 1 rings (SSSR count). The molecule has 0 radical (unpaired) electrons. The van der Waals surface area contributed by atoms with E-state index in [9.17, 15) is 5.11 Å². The van der Waals surface area contributed by atoms with E-state index < -0.39 is 0 Å². The van der Waals surface area contributed by atoms with Crippen molar-refractivity contribution in [1.29, 1.82) is 0 Å². The minimum Gasteiger partial charge on any atom is -0.386 e. The van der Waals surface area contributed by atoms with Crippen LogP contribution in [-0.2, 0) is 6.42 Å². The molecule has 0 aliphatic carbocycles. The van der Waals surface area contributed by atoms with Crippen LogP contribution < -0.4 is 5.32 Å².